The van der Waals surface area contributed by atoms with E-state index in [2.05, 4.69) is 0 Å². The van der Waals surface area contributed by atoms with E-state index >= 15 is 0 Å². The van der Waals surface area contributed by atoms with Gasteiger partial charge in [0.2, 0.25) is 0 Å². The molecule has 0 aliphatic carbocycles. The first-order chi connectivity index (χ1) is 6.59. The zero-order chi connectivity index (χ0) is 10.3. The van der Waals surface area contributed by atoms with Gasteiger partial charge in [-0.1, -0.05) is 0 Å². The lowest BCUT2D eigenvalue weighted by molar-refractivity contribution is 0.0698. The number of anilines is 1. The molecule has 5 nitrogen and oxygen atoms in total. The third-order valence-electron chi connectivity index (χ3n) is 2.23. The van der Waals surface area contributed by atoms with Crippen molar-refractivity contribution < 1.29 is 14.6 Å². The zero-order valence-corrected chi connectivity index (χ0v) is 7.36. The number of nitrogens with two attached hydrogens (primary N) is 2. The first kappa shape index (κ1) is 8.83. The number of hydrogen-bond acceptors (Lipinski definition) is 4. The van der Waals surface area contributed by atoms with Gasteiger partial charge in [0, 0.05) is 17.3 Å². The maximum atomic E-state index is 10.8. The first-order valence-electron chi connectivity index (χ1n) is 4.14. The fourth-order valence-electron chi connectivity index (χ4n) is 1.48. The quantitative estimate of drug-likeness (QED) is 0.560. The van der Waals surface area contributed by atoms with Gasteiger partial charge in [0.15, 0.2) is 0 Å². The van der Waals surface area contributed by atoms with Crippen LogP contribution in [0, 0.1) is 0 Å². The van der Waals surface area contributed by atoms with Crippen molar-refractivity contribution in [2.75, 3.05) is 12.3 Å². The molecule has 0 amide bonds. The number of nitrogen functional groups attached to an aromatic ring is 1. The van der Waals surface area contributed by atoms with Gasteiger partial charge in [0.25, 0.3) is 0 Å². The Kier molecular flexibility index (Phi) is 1.82. The SMILES string of the molecule is Nc1cc2c(cc1C(=O)O)[C@@H](N)CO2. The summed E-state index contributed by atoms with van der Waals surface area (Å²) in [6.07, 6.45) is 0. The third-order valence-corrected chi connectivity index (χ3v) is 2.23. The molecule has 2 rings (SSSR count). The highest BCUT2D eigenvalue weighted by molar-refractivity contribution is 5.94. The van der Waals surface area contributed by atoms with Crippen molar-refractivity contribution >= 4 is 11.7 Å². The van der Waals surface area contributed by atoms with E-state index in [-0.39, 0.29) is 17.3 Å². The lowest BCUT2D eigenvalue weighted by Crippen LogP contribution is -2.11. The van der Waals surface area contributed by atoms with Crippen LogP contribution < -0.4 is 16.2 Å². The van der Waals surface area contributed by atoms with Crippen LogP contribution in [0.15, 0.2) is 12.1 Å². The lowest BCUT2D eigenvalue weighted by atomic mass is 10.0. The van der Waals surface area contributed by atoms with E-state index in [0.717, 1.165) is 0 Å². The number of benzene rings is 1. The van der Waals surface area contributed by atoms with E-state index in [0.29, 0.717) is 17.9 Å². The van der Waals surface area contributed by atoms with Gasteiger partial charge in [-0.05, 0) is 6.07 Å². The Morgan fingerprint density at radius 3 is 2.93 bits per heavy atom. The van der Waals surface area contributed by atoms with Gasteiger partial charge in [-0.3, -0.25) is 0 Å². The van der Waals surface area contributed by atoms with E-state index in [1.807, 2.05) is 0 Å². The Balaban J connectivity index is 2.57. The topological polar surface area (TPSA) is 98.6 Å². The summed E-state index contributed by atoms with van der Waals surface area (Å²) in [6, 6.07) is 2.72. The first-order valence-corrected chi connectivity index (χ1v) is 4.14. The van der Waals surface area contributed by atoms with Crippen LogP contribution in [0.25, 0.3) is 0 Å². The molecule has 0 aromatic heterocycles. The van der Waals surface area contributed by atoms with Gasteiger partial charge >= 0.3 is 5.97 Å². The van der Waals surface area contributed by atoms with Crippen LogP contribution >= 0.6 is 0 Å². The largest absolute Gasteiger partial charge is 0.491 e. The minimum atomic E-state index is -1.05. The highest BCUT2D eigenvalue weighted by Gasteiger charge is 2.23. The summed E-state index contributed by atoms with van der Waals surface area (Å²) < 4.78 is 5.23. The second-order valence-electron chi connectivity index (χ2n) is 3.20. The average Bonchev–Trinajstić information content (AvgIpc) is 2.46. The number of rotatable bonds is 1. The average molecular weight is 194 g/mol. The molecule has 0 fully saturated rings. The second kappa shape index (κ2) is 2.88. The van der Waals surface area contributed by atoms with Gasteiger partial charge in [0.1, 0.15) is 12.4 Å². The van der Waals surface area contributed by atoms with Crippen molar-refractivity contribution in [2.24, 2.45) is 5.73 Å². The minimum Gasteiger partial charge on any atom is -0.491 e. The minimum absolute atomic E-state index is 0.0738. The van der Waals surface area contributed by atoms with Crippen LogP contribution in [-0.2, 0) is 0 Å². The maximum absolute atomic E-state index is 10.8. The number of carboxylic acids is 1. The Bertz CT molecular complexity index is 403. The summed E-state index contributed by atoms with van der Waals surface area (Å²) in [5, 5.41) is 8.82. The molecule has 0 saturated carbocycles. The fourth-order valence-corrected chi connectivity index (χ4v) is 1.48. The zero-order valence-electron chi connectivity index (χ0n) is 7.36. The standard InChI is InChI=1S/C9H10N2O3/c10-6-2-8-4(7(11)3-14-8)1-5(6)9(12)13/h1-2,7H,3,10-11H2,(H,12,13)/t7-/m0/s1. The maximum Gasteiger partial charge on any atom is 0.337 e. The molecule has 1 aromatic carbocycles. The van der Waals surface area contributed by atoms with E-state index in [4.69, 9.17) is 21.3 Å². The predicted octanol–water partition coefficient (Wildman–Crippen LogP) is 0.359. The van der Waals surface area contributed by atoms with Crippen molar-refractivity contribution in [2.45, 2.75) is 6.04 Å². The summed E-state index contributed by atoms with van der Waals surface area (Å²) in [7, 11) is 0. The smallest absolute Gasteiger partial charge is 0.337 e. The van der Waals surface area contributed by atoms with Crippen LogP contribution in [0.1, 0.15) is 22.0 Å². The van der Waals surface area contributed by atoms with Gasteiger partial charge < -0.3 is 21.3 Å². The number of ether oxygens (including phenoxy) is 1. The summed E-state index contributed by atoms with van der Waals surface area (Å²) in [5.74, 6) is -0.468. The summed E-state index contributed by atoms with van der Waals surface area (Å²) in [5.41, 5.74) is 12.2. The molecule has 14 heavy (non-hydrogen) atoms. The molecule has 0 unspecified atom stereocenters. The van der Waals surface area contributed by atoms with Gasteiger partial charge in [-0.25, -0.2) is 4.79 Å². The summed E-state index contributed by atoms with van der Waals surface area (Å²) in [4.78, 5) is 10.8. The predicted molar refractivity (Wildman–Crippen MR) is 50.2 cm³/mol. The Morgan fingerprint density at radius 2 is 2.29 bits per heavy atom. The molecule has 1 atom stereocenters. The van der Waals surface area contributed by atoms with Crippen LogP contribution in [0.3, 0.4) is 0 Å². The lowest BCUT2D eigenvalue weighted by Gasteiger charge is -2.05. The van der Waals surface area contributed by atoms with Crippen LogP contribution in [0.4, 0.5) is 5.69 Å². The molecule has 1 aromatic rings. The molecule has 1 heterocycles. The van der Waals surface area contributed by atoms with Crippen LogP contribution in [0.2, 0.25) is 0 Å². The molecule has 74 valence electrons. The van der Waals surface area contributed by atoms with Crippen molar-refractivity contribution in [1.82, 2.24) is 0 Å². The van der Waals surface area contributed by atoms with E-state index in [1.54, 1.807) is 0 Å². The molecule has 5 heteroatoms. The van der Waals surface area contributed by atoms with Crippen molar-refractivity contribution in [3.05, 3.63) is 23.3 Å². The normalized spacial score (nSPS) is 18.8. The van der Waals surface area contributed by atoms with Crippen LogP contribution in [-0.4, -0.2) is 17.7 Å². The number of carbonyl (C=O) groups is 1. The van der Waals surface area contributed by atoms with Gasteiger partial charge in [0.05, 0.1) is 11.6 Å². The molecular formula is C9H10N2O3. The Labute approximate surface area is 80.3 Å². The van der Waals surface area contributed by atoms with Crippen molar-refractivity contribution in [3.8, 4) is 5.75 Å². The monoisotopic (exact) mass is 194 g/mol. The molecule has 1 aliphatic rings. The van der Waals surface area contributed by atoms with Crippen molar-refractivity contribution in [3.63, 3.8) is 0 Å². The Morgan fingerprint density at radius 1 is 1.57 bits per heavy atom. The summed E-state index contributed by atoms with van der Waals surface area (Å²) in [6.45, 7) is 0.373. The molecule has 5 N–H and O–H groups in total. The van der Waals surface area contributed by atoms with Gasteiger partial charge in [-0.15, -0.1) is 0 Å². The highest BCUT2D eigenvalue weighted by atomic mass is 16.5. The Hall–Kier alpha value is -1.75. The molecular weight excluding hydrogens is 184 g/mol. The molecule has 0 spiro atoms. The van der Waals surface area contributed by atoms with E-state index in [1.165, 1.54) is 12.1 Å². The molecule has 0 bridgehead atoms. The second-order valence-corrected chi connectivity index (χ2v) is 3.20. The number of hydrogen-bond donors (Lipinski definition) is 3. The van der Waals surface area contributed by atoms with Crippen LogP contribution in [0.5, 0.6) is 5.75 Å². The fraction of sp³-hybridized carbons (Fsp3) is 0.222. The van der Waals surface area contributed by atoms with Gasteiger partial charge in [-0.2, -0.15) is 0 Å². The number of carboxylic acid groups (broad SMARTS) is 1. The molecule has 0 saturated heterocycles. The van der Waals surface area contributed by atoms with E-state index < -0.39 is 5.97 Å². The number of aromatic carboxylic acids is 1. The van der Waals surface area contributed by atoms with E-state index in [9.17, 15) is 4.79 Å². The third kappa shape index (κ3) is 1.18. The summed E-state index contributed by atoms with van der Waals surface area (Å²) >= 11 is 0. The molecule has 1 aliphatic heterocycles. The molecule has 0 radical (unpaired) electrons. The highest BCUT2D eigenvalue weighted by Crippen LogP contribution is 2.34. The van der Waals surface area contributed by atoms with Crippen molar-refractivity contribution in [1.29, 1.82) is 0 Å². The number of fused-ring (bicyclic) bond motifs is 1.